The Labute approximate surface area is 147 Å². The second kappa shape index (κ2) is 9.95. The second-order valence-corrected chi connectivity index (χ2v) is 6.65. The Balaban J connectivity index is 1.76. The summed E-state index contributed by atoms with van der Waals surface area (Å²) >= 11 is 1.80. The number of guanidine groups is 1. The summed E-state index contributed by atoms with van der Waals surface area (Å²) in [4.78, 5) is 6.87. The molecule has 2 aromatic rings. The van der Waals surface area contributed by atoms with Crippen molar-refractivity contribution >= 4 is 17.3 Å². The first kappa shape index (κ1) is 18.3. The van der Waals surface area contributed by atoms with Crippen molar-refractivity contribution in [3.8, 4) is 5.75 Å². The standard InChI is InChI=1S/C18H25N3O2S/c1-14-4-9-17(24-14)13-21-18(19-2)20-12-15-5-7-16(8-6-15)23-11-10-22-3/h4-9H,10-13H2,1-3H3,(H2,19,20,21). The minimum Gasteiger partial charge on any atom is -0.491 e. The van der Waals surface area contributed by atoms with Crippen LogP contribution in [0, 0.1) is 6.92 Å². The number of rotatable bonds is 8. The monoisotopic (exact) mass is 347 g/mol. The maximum absolute atomic E-state index is 5.56. The number of nitrogens with one attached hydrogen (secondary N) is 2. The van der Waals surface area contributed by atoms with Crippen LogP contribution in [0.15, 0.2) is 41.4 Å². The summed E-state index contributed by atoms with van der Waals surface area (Å²) in [5.41, 5.74) is 1.17. The number of aliphatic imine (C=N–C) groups is 1. The fourth-order valence-corrected chi connectivity index (χ4v) is 2.93. The van der Waals surface area contributed by atoms with Gasteiger partial charge in [0.25, 0.3) is 0 Å². The molecule has 0 aliphatic rings. The quantitative estimate of drug-likeness (QED) is 0.438. The van der Waals surface area contributed by atoms with E-state index >= 15 is 0 Å². The summed E-state index contributed by atoms with van der Waals surface area (Å²) in [5.74, 6) is 1.65. The van der Waals surface area contributed by atoms with E-state index in [1.807, 2.05) is 24.3 Å². The van der Waals surface area contributed by atoms with Crippen LogP contribution in [-0.2, 0) is 17.8 Å². The molecule has 1 aromatic heterocycles. The van der Waals surface area contributed by atoms with E-state index in [0.717, 1.165) is 18.3 Å². The van der Waals surface area contributed by atoms with Crippen LogP contribution >= 0.6 is 11.3 Å². The number of hydrogen-bond donors (Lipinski definition) is 2. The molecule has 0 aliphatic heterocycles. The third-order valence-electron chi connectivity index (χ3n) is 3.39. The zero-order chi connectivity index (χ0) is 17.2. The van der Waals surface area contributed by atoms with Gasteiger partial charge in [0.15, 0.2) is 5.96 Å². The first-order valence-corrected chi connectivity index (χ1v) is 8.73. The minimum atomic E-state index is 0.562. The predicted octanol–water partition coefficient (Wildman–Crippen LogP) is 2.95. The van der Waals surface area contributed by atoms with Gasteiger partial charge >= 0.3 is 0 Å². The van der Waals surface area contributed by atoms with Crippen molar-refractivity contribution in [2.24, 2.45) is 4.99 Å². The Hall–Kier alpha value is -2.05. The van der Waals surface area contributed by atoms with E-state index in [1.54, 1.807) is 25.5 Å². The topological polar surface area (TPSA) is 54.9 Å². The van der Waals surface area contributed by atoms with E-state index in [-0.39, 0.29) is 0 Å². The number of nitrogens with zero attached hydrogens (tertiary/aromatic N) is 1. The van der Waals surface area contributed by atoms with Crippen LogP contribution in [0.3, 0.4) is 0 Å². The summed E-state index contributed by atoms with van der Waals surface area (Å²) < 4.78 is 10.5. The van der Waals surface area contributed by atoms with Crippen molar-refractivity contribution in [2.75, 3.05) is 27.4 Å². The predicted molar refractivity (Wildman–Crippen MR) is 99.9 cm³/mol. The van der Waals surface area contributed by atoms with Crippen molar-refractivity contribution in [1.82, 2.24) is 10.6 Å². The molecule has 0 aliphatic carbocycles. The van der Waals surface area contributed by atoms with Gasteiger partial charge in [-0.2, -0.15) is 0 Å². The number of hydrogen-bond acceptors (Lipinski definition) is 4. The zero-order valence-corrected chi connectivity index (χ0v) is 15.3. The fraction of sp³-hybridized carbons (Fsp3) is 0.389. The highest BCUT2D eigenvalue weighted by Crippen LogP contribution is 2.14. The van der Waals surface area contributed by atoms with Crippen LogP contribution in [0.25, 0.3) is 0 Å². The number of benzene rings is 1. The lowest BCUT2D eigenvalue weighted by Crippen LogP contribution is -2.36. The maximum Gasteiger partial charge on any atom is 0.191 e. The maximum atomic E-state index is 5.56. The summed E-state index contributed by atoms with van der Waals surface area (Å²) in [6.45, 7) is 4.76. The van der Waals surface area contributed by atoms with Crippen molar-refractivity contribution in [3.63, 3.8) is 0 Å². The van der Waals surface area contributed by atoms with Crippen LogP contribution in [0.5, 0.6) is 5.75 Å². The second-order valence-electron chi connectivity index (χ2n) is 5.28. The average molecular weight is 347 g/mol. The van der Waals surface area contributed by atoms with E-state index in [1.165, 1.54) is 15.3 Å². The molecule has 2 N–H and O–H groups in total. The smallest absolute Gasteiger partial charge is 0.191 e. The Morgan fingerprint density at radius 2 is 1.79 bits per heavy atom. The Bertz CT molecular complexity index is 638. The van der Waals surface area contributed by atoms with Gasteiger partial charge in [0.05, 0.1) is 13.2 Å². The van der Waals surface area contributed by atoms with E-state index in [2.05, 4.69) is 34.7 Å². The van der Waals surface area contributed by atoms with E-state index < -0.39 is 0 Å². The molecule has 5 nitrogen and oxygen atoms in total. The van der Waals surface area contributed by atoms with Crippen LogP contribution < -0.4 is 15.4 Å². The van der Waals surface area contributed by atoms with Gasteiger partial charge in [-0.25, -0.2) is 0 Å². The zero-order valence-electron chi connectivity index (χ0n) is 14.5. The number of ether oxygens (including phenoxy) is 2. The largest absolute Gasteiger partial charge is 0.491 e. The average Bonchev–Trinajstić information content (AvgIpc) is 3.02. The molecule has 2 rings (SSSR count). The molecule has 1 aromatic carbocycles. The van der Waals surface area contributed by atoms with Crippen molar-refractivity contribution < 1.29 is 9.47 Å². The van der Waals surface area contributed by atoms with Crippen molar-refractivity contribution in [2.45, 2.75) is 20.0 Å². The summed E-state index contributed by atoms with van der Waals surface area (Å²) in [6, 6.07) is 12.3. The van der Waals surface area contributed by atoms with Gasteiger partial charge in [-0.05, 0) is 36.8 Å². The molecule has 0 atom stereocenters. The number of aryl methyl sites for hydroxylation is 1. The SMILES string of the molecule is CN=C(NCc1ccc(OCCOC)cc1)NCc1ccc(C)s1. The van der Waals surface area contributed by atoms with Crippen molar-refractivity contribution in [1.29, 1.82) is 0 Å². The highest BCUT2D eigenvalue weighted by atomic mass is 32.1. The first-order valence-electron chi connectivity index (χ1n) is 7.92. The molecule has 0 amide bonds. The molecule has 24 heavy (non-hydrogen) atoms. The van der Waals surface area contributed by atoms with Gasteiger partial charge in [0.1, 0.15) is 12.4 Å². The molecule has 0 radical (unpaired) electrons. The normalized spacial score (nSPS) is 11.4. The lowest BCUT2D eigenvalue weighted by molar-refractivity contribution is 0.146. The molecular weight excluding hydrogens is 322 g/mol. The minimum absolute atomic E-state index is 0.562. The van der Waals surface area contributed by atoms with Crippen LogP contribution in [0.4, 0.5) is 0 Å². The number of thiophene rings is 1. The third kappa shape index (κ3) is 6.22. The summed E-state index contributed by atoms with van der Waals surface area (Å²) in [7, 11) is 3.44. The molecule has 0 saturated heterocycles. The lowest BCUT2D eigenvalue weighted by atomic mass is 10.2. The van der Waals surface area contributed by atoms with Gasteiger partial charge in [-0.15, -0.1) is 11.3 Å². The molecule has 0 bridgehead atoms. The Morgan fingerprint density at radius 1 is 1.04 bits per heavy atom. The van der Waals surface area contributed by atoms with Gasteiger partial charge in [-0.1, -0.05) is 12.1 Å². The molecule has 0 spiro atoms. The summed E-state index contributed by atoms with van der Waals surface area (Å²) in [5, 5.41) is 6.64. The van der Waals surface area contributed by atoms with Gasteiger partial charge in [0, 0.05) is 30.5 Å². The molecule has 130 valence electrons. The Kier molecular flexibility index (Phi) is 7.58. The molecule has 1 heterocycles. The van der Waals surface area contributed by atoms with E-state index in [0.29, 0.717) is 19.8 Å². The van der Waals surface area contributed by atoms with Crippen LogP contribution in [0.1, 0.15) is 15.3 Å². The molecule has 0 unspecified atom stereocenters. The van der Waals surface area contributed by atoms with E-state index in [4.69, 9.17) is 9.47 Å². The Morgan fingerprint density at radius 3 is 2.42 bits per heavy atom. The molecule has 6 heteroatoms. The highest BCUT2D eigenvalue weighted by Gasteiger charge is 2.01. The fourth-order valence-electron chi connectivity index (χ4n) is 2.10. The van der Waals surface area contributed by atoms with Gasteiger partial charge in [-0.3, -0.25) is 4.99 Å². The molecule has 0 fully saturated rings. The summed E-state index contributed by atoms with van der Waals surface area (Å²) in [6.07, 6.45) is 0. The van der Waals surface area contributed by atoms with Crippen molar-refractivity contribution in [3.05, 3.63) is 51.7 Å². The first-order chi connectivity index (χ1) is 11.7. The number of methoxy groups -OCH3 is 1. The van der Waals surface area contributed by atoms with Gasteiger partial charge < -0.3 is 20.1 Å². The lowest BCUT2D eigenvalue weighted by Gasteiger charge is -2.12. The third-order valence-corrected chi connectivity index (χ3v) is 4.39. The molecular formula is C18H25N3O2S. The molecule has 0 saturated carbocycles. The highest BCUT2D eigenvalue weighted by molar-refractivity contribution is 7.11. The van der Waals surface area contributed by atoms with E-state index in [9.17, 15) is 0 Å². The van der Waals surface area contributed by atoms with Crippen LogP contribution in [0.2, 0.25) is 0 Å². The van der Waals surface area contributed by atoms with Gasteiger partial charge in [0.2, 0.25) is 0 Å². The van der Waals surface area contributed by atoms with Crippen LogP contribution in [-0.4, -0.2) is 33.3 Å².